The van der Waals surface area contributed by atoms with Crippen molar-refractivity contribution >= 4 is 65.6 Å². The van der Waals surface area contributed by atoms with Crippen LogP contribution in [0.4, 0.5) is 0 Å². The molecule has 0 aliphatic carbocycles. The first-order chi connectivity index (χ1) is 57.3. The molecule has 0 spiro atoms. The molecule has 0 radical (unpaired) electrons. The topological polar surface area (TPSA) is 108 Å². The van der Waals surface area contributed by atoms with Crippen LogP contribution in [-0.4, -0.2) is 48.9 Å². The molecule has 0 amide bonds. The standard InChI is InChI=1S/C70H54N5O3.C18H17N2.C17H15N2.Ir/c1-5-46(4)77-52-39-57(49-32-33-63-58(38-49)60-41-71-35-34-64(60)74(63)51-19-7-6-8-20-51)69-59(40-52)55-24-15-23-54(68(55)78-69)53-21-9-11-25-61(53)75-62-26-12-10-22-56(62)66-50(18-14-27-65(66)75)43-76-42-47-28-30-48(31-29-47)70-72-36-37-73(70)67-44(2)16-13-17-45(67)3;1-13-11-14(2)17(15(3)12-13)20-10-9-19-18(20)16-7-5-4-6-8-16;1-13-7-6-8-14(2)16(13)19-12-11-18-17(19)15-9-4-3-5-10-15;/h6-30,32-41,46H,5,42-43H2,1-4H3;4-7,9-12H,1-3H3;3-9,11-12H,1-2H3;/q3*-1;+3. The molecule has 0 N–H and O–H groups in total. The van der Waals surface area contributed by atoms with Crippen LogP contribution in [0.3, 0.4) is 0 Å². The average molecular weight is 1710 g/mol. The third kappa shape index (κ3) is 14.6. The van der Waals surface area contributed by atoms with E-state index in [0.717, 1.165) is 152 Å². The van der Waals surface area contributed by atoms with E-state index in [2.05, 4.69) is 331 Å². The fourth-order valence-corrected chi connectivity index (χ4v) is 16.9. The van der Waals surface area contributed by atoms with Crippen molar-refractivity contribution in [3.05, 3.63) is 385 Å². The number of ether oxygens (including phenoxy) is 2. The van der Waals surface area contributed by atoms with Crippen LogP contribution in [0.5, 0.6) is 5.75 Å². The van der Waals surface area contributed by atoms with Gasteiger partial charge in [0.05, 0.1) is 57.9 Å². The molecular formula is C105H86IrN9O3. The van der Waals surface area contributed by atoms with E-state index in [-0.39, 0.29) is 26.2 Å². The summed E-state index contributed by atoms with van der Waals surface area (Å²) in [5.74, 6) is 3.53. The van der Waals surface area contributed by atoms with E-state index >= 15 is 0 Å². The first-order valence-corrected chi connectivity index (χ1v) is 39.9. The molecule has 20 rings (SSSR count). The van der Waals surface area contributed by atoms with E-state index in [9.17, 15) is 0 Å². The van der Waals surface area contributed by atoms with E-state index in [1.165, 1.54) is 61.1 Å². The zero-order valence-corrected chi connectivity index (χ0v) is 69.7. The van der Waals surface area contributed by atoms with Crippen molar-refractivity contribution in [3.63, 3.8) is 0 Å². The summed E-state index contributed by atoms with van der Waals surface area (Å²) in [5.41, 5.74) is 29.7. The normalized spacial score (nSPS) is 11.6. The number of fused-ring (bicyclic) bond motifs is 9. The molecule has 20 aromatic rings. The number of rotatable bonds is 17. The Morgan fingerprint density at radius 3 is 1.60 bits per heavy atom. The minimum atomic E-state index is 0. The SMILES string of the molecule is CCC(C)Oc1cc(-c2ccc3c(c2)c2cnccc2n3-c2ccccc2)c2oc3c(-c4ccccc4-n4c5ccccc5c5c(COCc6c[c-]c(-c7nccn7-c7c(C)cccc7C)cc6)cccc54)cccc3c2c1.Cc1cc(C)c(-n2ccnc2-c2[c-]cccc2)c(C)c1.Cc1cccc(C)c1-n1ccnc1-c1[c-]cccc1.[Ir+3]. The fraction of sp³-hybridized carbons (Fsp3) is 0.124. The van der Waals surface area contributed by atoms with Gasteiger partial charge in [-0.25, -0.2) is 0 Å². The maximum absolute atomic E-state index is 7.28. The van der Waals surface area contributed by atoms with E-state index in [4.69, 9.17) is 18.9 Å². The van der Waals surface area contributed by atoms with Crippen LogP contribution < -0.4 is 4.74 Å². The Morgan fingerprint density at radius 1 is 0.415 bits per heavy atom. The molecule has 7 heterocycles. The third-order valence-electron chi connectivity index (χ3n) is 22.3. The van der Waals surface area contributed by atoms with Crippen molar-refractivity contribution in [1.29, 1.82) is 0 Å². The minimum Gasteiger partial charge on any atom is -0.491 e. The second kappa shape index (κ2) is 33.3. The summed E-state index contributed by atoms with van der Waals surface area (Å²) in [7, 11) is 0. The van der Waals surface area contributed by atoms with Crippen molar-refractivity contribution in [2.24, 2.45) is 0 Å². The summed E-state index contributed by atoms with van der Waals surface area (Å²) in [5, 5.41) is 6.57. The molecule has 578 valence electrons. The smallest absolute Gasteiger partial charge is 0.491 e. The van der Waals surface area contributed by atoms with Crippen LogP contribution in [0, 0.1) is 66.7 Å². The molecule has 12 nitrogen and oxygen atoms in total. The first-order valence-electron chi connectivity index (χ1n) is 39.9. The van der Waals surface area contributed by atoms with Crippen molar-refractivity contribution in [2.75, 3.05) is 0 Å². The Kier molecular flexibility index (Phi) is 21.8. The molecule has 118 heavy (non-hydrogen) atoms. The number of benzene rings is 13. The molecule has 0 aliphatic rings. The van der Waals surface area contributed by atoms with E-state index in [1.807, 2.05) is 104 Å². The summed E-state index contributed by atoms with van der Waals surface area (Å²) in [6, 6.07) is 103. The van der Waals surface area contributed by atoms with E-state index < -0.39 is 0 Å². The molecular weight excluding hydrogens is 1630 g/mol. The Balaban J connectivity index is 0.000000202. The van der Waals surface area contributed by atoms with Gasteiger partial charge >= 0.3 is 20.1 Å². The van der Waals surface area contributed by atoms with Gasteiger partial charge in [-0.1, -0.05) is 152 Å². The Morgan fingerprint density at radius 2 is 0.966 bits per heavy atom. The predicted molar refractivity (Wildman–Crippen MR) is 477 cm³/mol. The van der Waals surface area contributed by atoms with Crippen LogP contribution in [0.2, 0.25) is 0 Å². The van der Waals surface area contributed by atoms with Gasteiger partial charge in [0.15, 0.2) is 0 Å². The van der Waals surface area contributed by atoms with Gasteiger partial charge in [0.2, 0.25) is 0 Å². The molecule has 13 aromatic carbocycles. The van der Waals surface area contributed by atoms with Gasteiger partial charge in [0, 0.05) is 128 Å². The van der Waals surface area contributed by atoms with Crippen LogP contribution in [0.1, 0.15) is 70.3 Å². The van der Waals surface area contributed by atoms with Crippen molar-refractivity contribution in [3.8, 4) is 90.6 Å². The second-order valence-electron chi connectivity index (χ2n) is 30.2. The largest absolute Gasteiger partial charge is 3.00 e. The summed E-state index contributed by atoms with van der Waals surface area (Å²) < 4.78 is 31.7. The molecule has 1 unspecified atom stereocenters. The molecule has 0 fully saturated rings. The minimum absolute atomic E-state index is 0. The Bertz CT molecular complexity index is 6980. The molecule has 0 aliphatic heterocycles. The number of nitrogens with zero attached hydrogens (tertiary/aromatic N) is 9. The van der Waals surface area contributed by atoms with Gasteiger partial charge in [-0.05, 0) is 167 Å². The third-order valence-corrected chi connectivity index (χ3v) is 22.3. The van der Waals surface area contributed by atoms with E-state index in [1.54, 1.807) is 0 Å². The fourth-order valence-electron chi connectivity index (χ4n) is 16.9. The second-order valence-corrected chi connectivity index (χ2v) is 30.2. The zero-order chi connectivity index (χ0) is 79.8. The molecule has 0 saturated heterocycles. The summed E-state index contributed by atoms with van der Waals surface area (Å²) >= 11 is 0. The van der Waals surface area contributed by atoms with Gasteiger partial charge < -0.3 is 36.7 Å². The van der Waals surface area contributed by atoms with Crippen molar-refractivity contribution in [2.45, 2.75) is 88.1 Å². The van der Waals surface area contributed by atoms with E-state index in [0.29, 0.717) is 13.2 Å². The van der Waals surface area contributed by atoms with Gasteiger partial charge in [-0.2, -0.15) is 0 Å². The monoisotopic (exact) mass is 1710 g/mol. The summed E-state index contributed by atoms with van der Waals surface area (Å²) in [4.78, 5) is 18.3. The summed E-state index contributed by atoms with van der Waals surface area (Å²) in [6.45, 7) is 20.1. The van der Waals surface area contributed by atoms with Crippen molar-refractivity contribution < 1.29 is 34.0 Å². The molecule has 1 atom stereocenters. The number of hydrogen-bond acceptors (Lipinski definition) is 7. The number of hydrogen-bond donors (Lipinski definition) is 0. The Hall–Kier alpha value is -13.6. The maximum Gasteiger partial charge on any atom is 3.00 e. The first kappa shape index (κ1) is 77.0. The van der Waals surface area contributed by atoms with Crippen LogP contribution in [0.15, 0.2) is 321 Å². The van der Waals surface area contributed by atoms with Gasteiger partial charge in [0.1, 0.15) is 16.9 Å². The molecule has 7 aromatic heterocycles. The maximum atomic E-state index is 7.28. The number of para-hydroxylation sites is 6. The number of aryl methyl sites for hydroxylation is 7. The van der Waals surface area contributed by atoms with Crippen LogP contribution in [0.25, 0.3) is 150 Å². The van der Waals surface area contributed by atoms with Gasteiger partial charge in [0.25, 0.3) is 0 Å². The number of pyridine rings is 1. The number of imidazole rings is 3. The molecule has 0 saturated carbocycles. The average Bonchev–Trinajstić information content (AvgIpc) is 1.57. The zero-order valence-electron chi connectivity index (χ0n) is 67.3. The predicted octanol–water partition coefficient (Wildman–Crippen LogP) is 25.9. The van der Waals surface area contributed by atoms with Gasteiger partial charge in [-0.3, -0.25) is 19.9 Å². The number of aromatic nitrogens is 9. The summed E-state index contributed by atoms with van der Waals surface area (Å²) in [6.07, 6.45) is 16.3. The quantitative estimate of drug-likeness (QED) is 0.0836. The number of furan rings is 1. The molecule has 13 heteroatoms. The Labute approximate surface area is 700 Å². The van der Waals surface area contributed by atoms with Crippen LogP contribution >= 0.6 is 0 Å². The molecule has 0 bridgehead atoms. The van der Waals surface area contributed by atoms with Gasteiger partial charge in [-0.15, -0.1) is 107 Å². The van der Waals surface area contributed by atoms with Crippen LogP contribution in [-0.2, 0) is 38.1 Å². The van der Waals surface area contributed by atoms with Crippen molar-refractivity contribution in [1.82, 2.24) is 42.8 Å².